The van der Waals surface area contributed by atoms with E-state index in [1.165, 1.54) is 36.7 Å². The van der Waals surface area contributed by atoms with Gasteiger partial charge in [0.2, 0.25) is 11.1 Å². The molecule has 0 spiro atoms. The minimum absolute atomic E-state index is 0.0462. The fourth-order valence-electron chi connectivity index (χ4n) is 2.99. The molecule has 0 aliphatic heterocycles. The van der Waals surface area contributed by atoms with Crippen LogP contribution in [0.3, 0.4) is 0 Å². The average molecular weight is 349 g/mol. The maximum atomic E-state index is 13.0. The molecule has 3 rings (SSSR count). The van der Waals surface area contributed by atoms with Crippen LogP contribution in [0.4, 0.5) is 10.1 Å². The van der Waals surface area contributed by atoms with Crippen LogP contribution >= 0.6 is 11.8 Å². The largest absolute Gasteiger partial charge is 0.312 e. The molecular weight excluding hydrogens is 329 g/mol. The summed E-state index contributed by atoms with van der Waals surface area (Å²) < 4.78 is 14.9. The molecule has 0 bridgehead atoms. The third-order valence-corrected chi connectivity index (χ3v) is 5.13. The number of nitrogens with zero attached hydrogens (tertiary/aromatic N) is 5. The number of benzene rings is 1. The smallest absolute Gasteiger partial charge is 0.237 e. The number of halogens is 1. The molecule has 6 nitrogen and oxygen atoms in total. The van der Waals surface area contributed by atoms with Crippen LogP contribution in [0.1, 0.15) is 38.6 Å². The number of carbonyl (C=O) groups is 1. The van der Waals surface area contributed by atoms with E-state index in [1.807, 2.05) is 11.6 Å². The van der Waals surface area contributed by atoms with Crippen LogP contribution in [-0.4, -0.2) is 38.4 Å². The van der Waals surface area contributed by atoms with Crippen molar-refractivity contribution >= 4 is 23.4 Å². The third kappa shape index (κ3) is 3.75. The highest BCUT2D eigenvalue weighted by Gasteiger charge is 2.23. The summed E-state index contributed by atoms with van der Waals surface area (Å²) in [6.07, 6.45) is 4.57. The number of tetrazole rings is 1. The minimum Gasteiger partial charge on any atom is -0.312 e. The monoisotopic (exact) mass is 349 g/mol. The summed E-state index contributed by atoms with van der Waals surface area (Å²) in [7, 11) is 0. The van der Waals surface area contributed by atoms with Crippen molar-refractivity contribution in [1.29, 1.82) is 0 Å². The molecule has 128 valence electrons. The molecule has 1 amide bonds. The van der Waals surface area contributed by atoms with Crippen LogP contribution in [0.15, 0.2) is 29.4 Å². The van der Waals surface area contributed by atoms with Crippen molar-refractivity contribution in [3.05, 3.63) is 30.1 Å². The van der Waals surface area contributed by atoms with E-state index < -0.39 is 0 Å². The first-order valence-electron chi connectivity index (χ1n) is 8.15. The van der Waals surface area contributed by atoms with Gasteiger partial charge in [0.1, 0.15) is 5.82 Å². The third-order valence-electron chi connectivity index (χ3n) is 4.21. The van der Waals surface area contributed by atoms with Gasteiger partial charge in [-0.1, -0.05) is 24.6 Å². The Kier molecular flexibility index (Phi) is 5.44. The standard InChI is InChI=1S/C16H20FN5OS/c1-2-21(13-9-7-12(17)8-10-13)15(23)11-24-16-18-19-20-22(16)14-5-3-4-6-14/h7-10,14H,2-6,11H2,1H3. The van der Waals surface area contributed by atoms with Crippen LogP contribution < -0.4 is 4.90 Å². The van der Waals surface area contributed by atoms with Crippen molar-refractivity contribution in [2.75, 3.05) is 17.2 Å². The number of hydrogen-bond acceptors (Lipinski definition) is 5. The molecule has 2 aromatic rings. The van der Waals surface area contributed by atoms with E-state index in [9.17, 15) is 9.18 Å². The molecular formula is C16H20FN5OS. The van der Waals surface area contributed by atoms with Crippen molar-refractivity contribution in [2.45, 2.75) is 43.8 Å². The topological polar surface area (TPSA) is 63.9 Å². The van der Waals surface area contributed by atoms with Crippen LogP contribution in [-0.2, 0) is 4.79 Å². The molecule has 8 heteroatoms. The van der Waals surface area contributed by atoms with Gasteiger partial charge in [-0.3, -0.25) is 4.79 Å². The Morgan fingerprint density at radius 3 is 2.71 bits per heavy atom. The van der Waals surface area contributed by atoms with E-state index in [2.05, 4.69) is 15.5 Å². The summed E-state index contributed by atoms with van der Waals surface area (Å²) >= 11 is 1.35. The van der Waals surface area contributed by atoms with Gasteiger partial charge in [-0.2, -0.15) is 0 Å². The molecule has 0 saturated heterocycles. The van der Waals surface area contributed by atoms with Crippen molar-refractivity contribution in [3.8, 4) is 0 Å². The first-order valence-corrected chi connectivity index (χ1v) is 9.14. The summed E-state index contributed by atoms with van der Waals surface area (Å²) in [6.45, 7) is 2.42. The Morgan fingerprint density at radius 2 is 2.04 bits per heavy atom. The summed E-state index contributed by atoms with van der Waals surface area (Å²) in [6, 6.07) is 6.29. The zero-order valence-electron chi connectivity index (χ0n) is 13.6. The first kappa shape index (κ1) is 16.9. The van der Waals surface area contributed by atoms with Gasteiger partial charge in [0.05, 0.1) is 11.8 Å². The summed E-state index contributed by atoms with van der Waals surface area (Å²) in [5, 5.41) is 12.6. The van der Waals surface area contributed by atoms with Crippen molar-refractivity contribution in [3.63, 3.8) is 0 Å². The Morgan fingerprint density at radius 1 is 1.33 bits per heavy atom. The van der Waals surface area contributed by atoms with Crippen LogP contribution in [0, 0.1) is 5.82 Å². The molecule has 1 heterocycles. The number of anilines is 1. The van der Waals surface area contributed by atoms with Crippen LogP contribution in [0.2, 0.25) is 0 Å². The molecule has 0 radical (unpaired) electrons. The lowest BCUT2D eigenvalue weighted by Gasteiger charge is -2.21. The maximum absolute atomic E-state index is 13.0. The Labute approximate surface area is 144 Å². The summed E-state index contributed by atoms with van der Waals surface area (Å²) in [5.74, 6) is -0.111. The maximum Gasteiger partial charge on any atom is 0.237 e. The van der Waals surface area contributed by atoms with E-state index in [1.54, 1.807) is 17.0 Å². The van der Waals surface area contributed by atoms with Crippen molar-refractivity contribution in [2.24, 2.45) is 0 Å². The van der Waals surface area contributed by atoms with E-state index in [0.717, 1.165) is 12.8 Å². The van der Waals surface area contributed by atoms with Gasteiger partial charge in [-0.05, 0) is 54.5 Å². The molecule has 1 aliphatic rings. The Bertz CT molecular complexity index is 684. The first-order chi connectivity index (χ1) is 11.7. The zero-order chi connectivity index (χ0) is 16.9. The van der Waals surface area contributed by atoms with Crippen LogP contribution in [0.5, 0.6) is 0 Å². The fraction of sp³-hybridized carbons (Fsp3) is 0.500. The van der Waals surface area contributed by atoms with Gasteiger partial charge in [0.15, 0.2) is 0 Å². The number of aromatic nitrogens is 4. The number of carbonyl (C=O) groups excluding carboxylic acids is 1. The molecule has 1 aromatic carbocycles. The number of thioether (sulfide) groups is 1. The second-order valence-corrected chi connectivity index (χ2v) is 6.69. The molecule has 24 heavy (non-hydrogen) atoms. The molecule has 0 atom stereocenters. The lowest BCUT2D eigenvalue weighted by atomic mass is 10.3. The Balaban J connectivity index is 1.64. The molecule has 1 saturated carbocycles. The summed E-state index contributed by atoms with van der Waals surface area (Å²) in [5.41, 5.74) is 0.694. The van der Waals surface area contributed by atoms with Crippen molar-refractivity contribution < 1.29 is 9.18 Å². The highest BCUT2D eigenvalue weighted by atomic mass is 32.2. The second kappa shape index (κ2) is 7.74. The number of amides is 1. The van der Waals surface area contributed by atoms with Crippen LogP contribution in [0.25, 0.3) is 0 Å². The summed E-state index contributed by atoms with van der Waals surface area (Å²) in [4.78, 5) is 14.2. The van der Waals surface area contributed by atoms with Gasteiger partial charge in [-0.15, -0.1) is 5.10 Å². The van der Waals surface area contributed by atoms with E-state index >= 15 is 0 Å². The van der Waals surface area contributed by atoms with Gasteiger partial charge < -0.3 is 4.90 Å². The number of rotatable bonds is 6. The predicted octanol–water partition coefficient (Wildman–Crippen LogP) is 3.07. The van der Waals surface area contributed by atoms with Gasteiger partial charge in [0.25, 0.3) is 0 Å². The van der Waals surface area contributed by atoms with Gasteiger partial charge >= 0.3 is 0 Å². The van der Waals surface area contributed by atoms with Crippen molar-refractivity contribution in [1.82, 2.24) is 20.2 Å². The van der Waals surface area contributed by atoms with Gasteiger partial charge in [0, 0.05) is 12.2 Å². The minimum atomic E-state index is -0.313. The SMILES string of the molecule is CCN(C(=O)CSc1nnnn1C1CCCC1)c1ccc(F)cc1. The zero-order valence-corrected chi connectivity index (χ0v) is 14.4. The Hall–Kier alpha value is -1.96. The quantitative estimate of drug-likeness (QED) is 0.750. The highest BCUT2D eigenvalue weighted by molar-refractivity contribution is 7.99. The van der Waals surface area contributed by atoms with E-state index in [4.69, 9.17) is 0 Å². The molecule has 0 N–H and O–H groups in total. The molecule has 0 unspecified atom stereocenters. The number of hydrogen-bond donors (Lipinski definition) is 0. The molecule has 1 fully saturated rings. The lowest BCUT2D eigenvalue weighted by molar-refractivity contribution is -0.116. The molecule has 1 aliphatic carbocycles. The van der Waals surface area contributed by atoms with Gasteiger partial charge in [-0.25, -0.2) is 9.07 Å². The fourth-order valence-corrected chi connectivity index (χ4v) is 3.81. The van der Waals surface area contributed by atoms with E-state index in [-0.39, 0.29) is 17.5 Å². The van der Waals surface area contributed by atoms with E-state index in [0.29, 0.717) is 23.4 Å². The second-order valence-electron chi connectivity index (χ2n) is 5.75. The predicted molar refractivity (Wildman–Crippen MR) is 90.5 cm³/mol. The highest BCUT2D eigenvalue weighted by Crippen LogP contribution is 2.31. The molecule has 1 aromatic heterocycles. The lowest BCUT2D eigenvalue weighted by Crippen LogP contribution is -2.32. The average Bonchev–Trinajstić information content (AvgIpc) is 3.26. The normalized spacial score (nSPS) is 14.9.